The van der Waals surface area contributed by atoms with Crippen LogP contribution in [0.25, 0.3) is 17.1 Å². The highest BCUT2D eigenvalue weighted by Gasteiger charge is 2.21. The third-order valence-electron chi connectivity index (χ3n) is 6.43. The lowest BCUT2D eigenvalue weighted by atomic mass is 9.88. The first-order chi connectivity index (χ1) is 17.6. The number of nitrogens with zero attached hydrogens (tertiary/aromatic N) is 2. The maximum Gasteiger partial charge on any atom is 0.270 e. The molecule has 0 bridgehead atoms. The minimum Gasteiger partial charge on any atom is -0.463 e. The van der Waals surface area contributed by atoms with E-state index < -0.39 is 0 Å². The van der Waals surface area contributed by atoms with Crippen LogP contribution in [0.1, 0.15) is 45.1 Å². The number of amides is 1. The summed E-state index contributed by atoms with van der Waals surface area (Å²) in [6, 6.07) is 32.5. The van der Waals surface area contributed by atoms with Gasteiger partial charge in [0.1, 0.15) is 11.4 Å². The van der Waals surface area contributed by atoms with Crippen molar-refractivity contribution in [3.05, 3.63) is 131 Å². The molecule has 0 aliphatic rings. The molecule has 36 heavy (non-hydrogen) atoms. The maximum absolute atomic E-state index is 13.5. The molecule has 0 fully saturated rings. The van der Waals surface area contributed by atoms with Gasteiger partial charge in [0.15, 0.2) is 5.76 Å². The van der Waals surface area contributed by atoms with Crippen LogP contribution in [0.3, 0.4) is 0 Å². The molecule has 0 radical (unpaired) electrons. The lowest BCUT2D eigenvalue weighted by Gasteiger charge is -2.18. The summed E-state index contributed by atoms with van der Waals surface area (Å²) >= 11 is 0. The standard InChI is InChI=1S/C31H29N3O2/c1-22-15-16-23(2)28(20-22)34-29(21-27(33-34)30-14-9-19-36-30)31(35)32-18-17-26(24-10-5-3-6-11-24)25-12-7-4-8-13-25/h3-16,19-21,26H,17-18H2,1-2H3,(H,32,35). The summed E-state index contributed by atoms with van der Waals surface area (Å²) in [7, 11) is 0. The Hall–Kier alpha value is -4.38. The molecule has 0 saturated carbocycles. The monoisotopic (exact) mass is 475 g/mol. The average molecular weight is 476 g/mol. The van der Waals surface area contributed by atoms with Crippen molar-refractivity contribution in [3.63, 3.8) is 0 Å². The van der Waals surface area contributed by atoms with Crippen LogP contribution < -0.4 is 5.32 Å². The number of carbonyl (C=O) groups excluding carboxylic acids is 1. The SMILES string of the molecule is Cc1ccc(C)c(-n2nc(-c3ccco3)cc2C(=O)NCCC(c2ccccc2)c2ccccc2)c1. The highest BCUT2D eigenvalue weighted by molar-refractivity contribution is 5.94. The molecule has 1 N–H and O–H groups in total. The number of rotatable bonds is 8. The van der Waals surface area contributed by atoms with Crippen LogP contribution in [-0.2, 0) is 0 Å². The van der Waals surface area contributed by atoms with Crippen molar-refractivity contribution in [2.45, 2.75) is 26.2 Å². The topological polar surface area (TPSA) is 60.1 Å². The van der Waals surface area contributed by atoms with Gasteiger partial charge in [-0.1, -0.05) is 72.8 Å². The van der Waals surface area contributed by atoms with Gasteiger partial charge in [0.05, 0.1) is 12.0 Å². The molecule has 0 unspecified atom stereocenters. The van der Waals surface area contributed by atoms with E-state index in [-0.39, 0.29) is 11.8 Å². The van der Waals surface area contributed by atoms with Gasteiger partial charge >= 0.3 is 0 Å². The zero-order valence-electron chi connectivity index (χ0n) is 20.5. The Balaban J connectivity index is 1.41. The van der Waals surface area contributed by atoms with Crippen LogP contribution in [0.15, 0.2) is 108 Å². The quantitative estimate of drug-likeness (QED) is 0.272. The molecule has 180 valence electrons. The van der Waals surface area contributed by atoms with E-state index in [0.29, 0.717) is 23.7 Å². The molecule has 0 aliphatic heterocycles. The largest absolute Gasteiger partial charge is 0.463 e. The summed E-state index contributed by atoms with van der Waals surface area (Å²) in [5.74, 6) is 0.651. The lowest BCUT2D eigenvalue weighted by molar-refractivity contribution is 0.0945. The fraction of sp³-hybridized carbons (Fsp3) is 0.161. The molecule has 0 aliphatic carbocycles. The third kappa shape index (κ3) is 5.01. The van der Waals surface area contributed by atoms with Crippen molar-refractivity contribution in [3.8, 4) is 17.1 Å². The molecule has 5 aromatic rings. The zero-order valence-corrected chi connectivity index (χ0v) is 20.5. The summed E-state index contributed by atoms with van der Waals surface area (Å²) in [4.78, 5) is 13.5. The second-order valence-corrected chi connectivity index (χ2v) is 9.01. The Kier molecular flexibility index (Phi) is 6.80. The van der Waals surface area contributed by atoms with Gasteiger partial charge in [0, 0.05) is 18.5 Å². The number of hydrogen-bond donors (Lipinski definition) is 1. The summed E-state index contributed by atoms with van der Waals surface area (Å²) in [6.07, 6.45) is 2.39. The van der Waals surface area contributed by atoms with Crippen LogP contribution in [0.5, 0.6) is 0 Å². The molecule has 0 atom stereocenters. The smallest absolute Gasteiger partial charge is 0.270 e. The predicted molar refractivity (Wildman–Crippen MR) is 142 cm³/mol. The first-order valence-electron chi connectivity index (χ1n) is 12.2. The number of nitrogens with one attached hydrogen (secondary N) is 1. The summed E-state index contributed by atoms with van der Waals surface area (Å²) in [5.41, 5.74) is 6.59. The predicted octanol–water partition coefficient (Wildman–Crippen LogP) is 6.70. The van der Waals surface area contributed by atoms with E-state index in [9.17, 15) is 4.79 Å². The molecule has 5 nitrogen and oxygen atoms in total. The number of benzene rings is 3. The number of carbonyl (C=O) groups is 1. The molecular weight excluding hydrogens is 446 g/mol. The van der Waals surface area contributed by atoms with E-state index in [0.717, 1.165) is 23.2 Å². The van der Waals surface area contributed by atoms with Gasteiger partial charge in [0.25, 0.3) is 5.91 Å². The summed E-state index contributed by atoms with van der Waals surface area (Å²) in [5, 5.41) is 7.89. The Morgan fingerprint density at radius 2 is 1.58 bits per heavy atom. The molecular formula is C31H29N3O2. The fourth-order valence-electron chi connectivity index (χ4n) is 4.54. The highest BCUT2D eigenvalue weighted by Crippen LogP contribution is 2.28. The van der Waals surface area contributed by atoms with Gasteiger partial charge in [-0.3, -0.25) is 4.79 Å². The van der Waals surface area contributed by atoms with Gasteiger partial charge in [0.2, 0.25) is 0 Å². The fourth-order valence-corrected chi connectivity index (χ4v) is 4.54. The minimum atomic E-state index is -0.166. The zero-order chi connectivity index (χ0) is 24.9. The summed E-state index contributed by atoms with van der Waals surface area (Å²) in [6.45, 7) is 4.59. The van der Waals surface area contributed by atoms with E-state index in [2.05, 4.69) is 59.9 Å². The first-order valence-corrected chi connectivity index (χ1v) is 12.2. The Labute approximate surface area is 211 Å². The molecule has 0 spiro atoms. The Morgan fingerprint density at radius 3 is 2.22 bits per heavy atom. The second-order valence-electron chi connectivity index (χ2n) is 9.01. The number of furan rings is 1. The van der Waals surface area contributed by atoms with Crippen molar-refractivity contribution < 1.29 is 9.21 Å². The van der Waals surface area contributed by atoms with Crippen LogP contribution in [0, 0.1) is 13.8 Å². The van der Waals surface area contributed by atoms with E-state index in [1.165, 1.54) is 11.1 Å². The van der Waals surface area contributed by atoms with Crippen LogP contribution >= 0.6 is 0 Å². The van der Waals surface area contributed by atoms with Crippen LogP contribution in [0.4, 0.5) is 0 Å². The van der Waals surface area contributed by atoms with Gasteiger partial charge in [-0.15, -0.1) is 0 Å². The minimum absolute atomic E-state index is 0.166. The van der Waals surface area contributed by atoms with Gasteiger partial charge in [-0.2, -0.15) is 5.10 Å². The van der Waals surface area contributed by atoms with Crippen molar-refractivity contribution in [2.75, 3.05) is 6.54 Å². The Morgan fingerprint density at radius 1 is 0.889 bits per heavy atom. The molecule has 1 amide bonds. The number of hydrogen-bond acceptors (Lipinski definition) is 3. The molecule has 5 heteroatoms. The molecule has 0 saturated heterocycles. The first kappa shape index (κ1) is 23.4. The lowest BCUT2D eigenvalue weighted by Crippen LogP contribution is -2.28. The second kappa shape index (κ2) is 10.5. The number of aromatic nitrogens is 2. The van der Waals surface area contributed by atoms with Crippen LogP contribution in [0.2, 0.25) is 0 Å². The van der Waals surface area contributed by atoms with Crippen molar-refractivity contribution in [1.29, 1.82) is 0 Å². The third-order valence-corrected chi connectivity index (χ3v) is 6.43. The average Bonchev–Trinajstić information content (AvgIpc) is 3.60. The van der Waals surface area contributed by atoms with E-state index >= 15 is 0 Å². The van der Waals surface area contributed by atoms with E-state index in [4.69, 9.17) is 9.52 Å². The summed E-state index contributed by atoms with van der Waals surface area (Å²) < 4.78 is 7.28. The Bertz CT molecular complexity index is 1400. The van der Waals surface area contributed by atoms with E-state index in [1.54, 1.807) is 17.0 Å². The molecule has 2 aromatic heterocycles. The van der Waals surface area contributed by atoms with E-state index in [1.807, 2.05) is 50.2 Å². The molecule has 2 heterocycles. The van der Waals surface area contributed by atoms with Crippen molar-refractivity contribution in [1.82, 2.24) is 15.1 Å². The molecule has 3 aromatic carbocycles. The highest BCUT2D eigenvalue weighted by atomic mass is 16.3. The van der Waals surface area contributed by atoms with Crippen molar-refractivity contribution in [2.24, 2.45) is 0 Å². The van der Waals surface area contributed by atoms with Gasteiger partial charge < -0.3 is 9.73 Å². The van der Waals surface area contributed by atoms with Crippen molar-refractivity contribution >= 4 is 5.91 Å². The number of aryl methyl sites for hydroxylation is 2. The van der Waals surface area contributed by atoms with Crippen LogP contribution in [-0.4, -0.2) is 22.2 Å². The molecule has 5 rings (SSSR count). The normalized spacial score (nSPS) is 11.1. The van der Waals surface area contributed by atoms with Gasteiger partial charge in [-0.25, -0.2) is 4.68 Å². The van der Waals surface area contributed by atoms with Gasteiger partial charge in [-0.05, 0) is 60.7 Å². The maximum atomic E-state index is 13.5.